The molecule has 0 aliphatic carbocycles. The lowest BCUT2D eigenvalue weighted by molar-refractivity contribution is -0.274. The van der Waals surface area contributed by atoms with Crippen LogP contribution in [0, 0.1) is 0 Å². The van der Waals surface area contributed by atoms with Crippen molar-refractivity contribution in [1.29, 1.82) is 0 Å². The van der Waals surface area contributed by atoms with E-state index in [9.17, 15) is 13.2 Å². The van der Waals surface area contributed by atoms with E-state index >= 15 is 0 Å². The highest BCUT2D eigenvalue weighted by atomic mass is 19.4. The maximum Gasteiger partial charge on any atom is 0.573 e. The van der Waals surface area contributed by atoms with Gasteiger partial charge < -0.3 is 16.2 Å². The summed E-state index contributed by atoms with van der Waals surface area (Å²) in [5, 5.41) is 0. The summed E-state index contributed by atoms with van der Waals surface area (Å²) in [6, 6.07) is 5.36. The smallest absolute Gasteiger partial charge is 0.406 e. The van der Waals surface area contributed by atoms with Gasteiger partial charge in [0.2, 0.25) is 0 Å². The molecule has 0 radical (unpaired) electrons. The lowest BCUT2D eigenvalue weighted by Crippen LogP contribution is -2.17. The van der Waals surface area contributed by atoms with E-state index in [0.717, 1.165) is 12.0 Å². The number of halogens is 3. The maximum atomic E-state index is 11.9. The van der Waals surface area contributed by atoms with Gasteiger partial charge in [-0.3, -0.25) is 0 Å². The minimum Gasteiger partial charge on any atom is -0.406 e. The van der Waals surface area contributed by atoms with E-state index < -0.39 is 6.36 Å². The SMILES string of the molecule is NCCC[C@H](N)c1ccc(OC(F)(F)F)cc1. The summed E-state index contributed by atoms with van der Waals surface area (Å²) in [6.07, 6.45) is -3.18. The number of ether oxygens (including phenoxy) is 1. The van der Waals surface area contributed by atoms with Crippen LogP contribution >= 0.6 is 0 Å². The van der Waals surface area contributed by atoms with Crippen molar-refractivity contribution in [3.05, 3.63) is 29.8 Å². The van der Waals surface area contributed by atoms with Crippen molar-refractivity contribution in [3.63, 3.8) is 0 Å². The van der Waals surface area contributed by atoms with E-state index in [1.54, 1.807) is 0 Å². The van der Waals surface area contributed by atoms with Gasteiger partial charge >= 0.3 is 6.36 Å². The summed E-state index contributed by atoms with van der Waals surface area (Å²) in [5.74, 6) is -0.243. The van der Waals surface area contributed by atoms with Crippen LogP contribution in [0.1, 0.15) is 24.4 Å². The molecule has 0 saturated carbocycles. The molecule has 1 aromatic rings. The molecule has 4 N–H and O–H groups in total. The van der Waals surface area contributed by atoms with Gasteiger partial charge in [-0.15, -0.1) is 13.2 Å². The van der Waals surface area contributed by atoms with Gasteiger partial charge in [0, 0.05) is 6.04 Å². The topological polar surface area (TPSA) is 61.3 Å². The Labute approximate surface area is 97.5 Å². The van der Waals surface area contributed by atoms with Gasteiger partial charge in [0.05, 0.1) is 0 Å². The van der Waals surface area contributed by atoms with E-state index in [0.29, 0.717) is 13.0 Å². The summed E-state index contributed by atoms with van der Waals surface area (Å²) >= 11 is 0. The van der Waals surface area contributed by atoms with Gasteiger partial charge in [0.25, 0.3) is 0 Å². The first kappa shape index (κ1) is 13.8. The number of hydrogen-bond acceptors (Lipinski definition) is 3. The second kappa shape index (κ2) is 5.88. The Hall–Kier alpha value is -1.27. The zero-order valence-electron chi connectivity index (χ0n) is 9.20. The van der Waals surface area contributed by atoms with Gasteiger partial charge in [-0.25, -0.2) is 0 Å². The molecule has 1 rings (SSSR count). The van der Waals surface area contributed by atoms with E-state index in [1.165, 1.54) is 24.3 Å². The molecule has 0 fully saturated rings. The van der Waals surface area contributed by atoms with Crippen LogP contribution in [-0.4, -0.2) is 12.9 Å². The van der Waals surface area contributed by atoms with Crippen LogP contribution in [0.3, 0.4) is 0 Å². The first-order valence-electron chi connectivity index (χ1n) is 5.24. The standard InChI is InChI=1S/C11H15F3N2O/c12-11(13,14)17-9-5-3-8(4-6-9)10(16)2-1-7-15/h3-6,10H,1-2,7,15-16H2/t10-/m0/s1. The monoisotopic (exact) mass is 248 g/mol. The maximum absolute atomic E-state index is 11.9. The van der Waals surface area contributed by atoms with Crippen LogP contribution in [0.4, 0.5) is 13.2 Å². The fourth-order valence-electron chi connectivity index (χ4n) is 1.42. The Kier molecular flexibility index (Phi) is 4.77. The average Bonchev–Trinajstić information content (AvgIpc) is 2.24. The van der Waals surface area contributed by atoms with Crippen molar-refractivity contribution in [3.8, 4) is 5.75 Å². The van der Waals surface area contributed by atoms with Crippen molar-refractivity contribution < 1.29 is 17.9 Å². The van der Waals surface area contributed by atoms with Crippen molar-refractivity contribution in [2.45, 2.75) is 25.2 Å². The molecular formula is C11H15F3N2O. The Bertz CT molecular complexity index is 338. The van der Waals surface area contributed by atoms with Gasteiger partial charge in [-0.1, -0.05) is 12.1 Å². The van der Waals surface area contributed by atoms with Crippen LogP contribution in [0.25, 0.3) is 0 Å². The molecule has 0 unspecified atom stereocenters. The van der Waals surface area contributed by atoms with Gasteiger partial charge in [-0.05, 0) is 37.1 Å². The van der Waals surface area contributed by atoms with Crippen molar-refractivity contribution in [2.75, 3.05) is 6.54 Å². The Morgan fingerprint density at radius 3 is 2.24 bits per heavy atom. The van der Waals surface area contributed by atoms with E-state index in [4.69, 9.17) is 11.5 Å². The third-order valence-corrected chi connectivity index (χ3v) is 2.26. The van der Waals surface area contributed by atoms with E-state index in [1.807, 2.05) is 0 Å². The third kappa shape index (κ3) is 5.06. The summed E-state index contributed by atoms with van der Waals surface area (Å²) in [6.45, 7) is 0.545. The van der Waals surface area contributed by atoms with Crippen molar-refractivity contribution in [2.24, 2.45) is 11.5 Å². The summed E-state index contributed by atoms with van der Waals surface area (Å²) in [4.78, 5) is 0. The van der Waals surface area contributed by atoms with Crippen LogP contribution in [0.2, 0.25) is 0 Å². The predicted octanol–water partition coefficient (Wildman–Crippen LogP) is 2.32. The number of benzene rings is 1. The molecule has 0 spiro atoms. The first-order valence-corrected chi connectivity index (χ1v) is 5.24. The zero-order valence-corrected chi connectivity index (χ0v) is 9.20. The highest BCUT2D eigenvalue weighted by Crippen LogP contribution is 2.24. The minimum atomic E-state index is -4.66. The number of hydrogen-bond donors (Lipinski definition) is 2. The molecule has 1 aromatic carbocycles. The number of alkyl halides is 3. The predicted molar refractivity (Wildman–Crippen MR) is 58.3 cm³/mol. The Morgan fingerprint density at radius 1 is 1.18 bits per heavy atom. The first-order chi connectivity index (χ1) is 7.92. The number of nitrogens with two attached hydrogens (primary N) is 2. The molecule has 0 bridgehead atoms. The van der Waals surface area contributed by atoms with Gasteiger partial charge in [-0.2, -0.15) is 0 Å². The molecule has 6 heteroatoms. The molecule has 0 aliphatic rings. The molecule has 0 aliphatic heterocycles. The second-order valence-electron chi connectivity index (χ2n) is 3.65. The molecule has 0 aromatic heterocycles. The summed E-state index contributed by atoms with van der Waals surface area (Å²) in [7, 11) is 0. The third-order valence-electron chi connectivity index (χ3n) is 2.26. The molecule has 0 heterocycles. The molecule has 0 amide bonds. The van der Waals surface area contributed by atoms with E-state index in [-0.39, 0.29) is 11.8 Å². The second-order valence-corrected chi connectivity index (χ2v) is 3.65. The minimum absolute atomic E-state index is 0.210. The molecule has 17 heavy (non-hydrogen) atoms. The lowest BCUT2D eigenvalue weighted by Gasteiger charge is -2.13. The molecule has 1 atom stereocenters. The largest absolute Gasteiger partial charge is 0.573 e. The quantitative estimate of drug-likeness (QED) is 0.840. The van der Waals surface area contributed by atoms with Crippen LogP contribution in [0.5, 0.6) is 5.75 Å². The molecule has 3 nitrogen and oxygen atoms in total. The number of rotatable bonds is 5. The Balaban J connectivity index is 2.61. The van der Waals surface area contributed by atoms with Crippen LogP contribution in [0.15, 0.2) is 24.3 Å². The van der Waals surface area contributed by atoms with Gasteiger partial charge in [0.1, 0.15) is 5.75 Å². The lowest BCUT2D eigenvalue weighted by atomic mass is 10.0. The Morgan fingerprint density at radius 2 is 1.76 bits per heavy atom. The fourth-order valence-corrected chi connectivity index (χ4v) is 1.42. The molecule has 0 saturated heterocycles. The highest BCUT2D eigenvalue weighted by molar-refractivity contribution is 5.29. The normalized spacial score (nSPS) is 13.5. The zero-order chi connectivity index (χ0) is 12.9. The fraction of sp³-hybridized carbons (Fsp3) is 0.455. The van der Waals surface area contributed by atoms with Crippen molar-refractivity contribution in [1.82, 2.24) is 0 Å². The molecular weight excluding hydrogens is 233 g/mol. The van der Waals surface area contributed by atoms with Crippen molar-refractivity contribution >= 4 is 0 Å². The summed E-state index contributed by atoms with van der Waals surface area (Å²) in [5.41, 5.74) is 12.0. The summed E-state index contributed by atoms with van der Waals surface area (Å²) < 4.78 is 39.5. The molecule has 96 valence electrons. The van der Waals surface area contributed by atoms with Crippen LogP contribution in [-0.2, 0) is 0 Å². The average molecular weight is 248 g/mol. The highest BCUT2D eigenvalue weighted by Gasteiger charge is 2.30. The van der Waals surface area contributed by atoms with E-state index in [2.05, 4.69) is 4.74 Å². The van der Waals surface area contributed by atoms with Crippen LogP contribution < -0.4 is 16.2 Å². The van der Waals surface area contributed by atoms with Gasteiger partial charge in [0.15, 0.2) is 0 Å².